The highest BCUT2D eigenvalue weighted by Crippen LogP contribution is 2.29. The van der Waals surface area contributed by atoms with Crippen LogP contribution in [0.15, 0.2) is 0 Å². The van der Waals surface area contributed by atoms with Crippen LogP contribution < -0.4 is 0 Å². The van der Waals surface area contributed by atoms with Gasteiger partial charge in [-0.1, -0.05) is 0 Å². The van der Waals surface area contributed by atoms with E-state index in [2.05, 4.69) is 4.74 Å². The molecule has 2 heterocycles. The number of carbonyl (C=O) groups excluding carboxylic acids is 1. The van der Waals surface area contributed by atoms with Crippen LogP contribution in [0.1, 0.15) is 0 Å². The summed E-state index contributed by atoms with van der Waals surface area (Å²) in [5, 5.41) is 17.9. The Morgan fingerprint density at radius 3 is 2.82 bits per heavy atom. The molecule has 1 radical (unpaired) electrons. The molecule has 0 amide bonds. The van der Waals surface area contributed by atoms with Crippen LogP contribution in [0.25, 0.3) is 0 Å². The zero-order chi connectivity index (χ0) is 8.01. The van der Waals surface area contributed by atoms with Gasteiger partial charge in [-0.2, -0.15) is 0 Å². The maximum absolute atomic E-state index is 10.6. The number of aliphatic hydroxyl groups excluding tert-OH is 2. The summed E-state index contributed by atoms with van der Waals surface area (Å²) < 4.78 is 9.41. The van der Waals surface area contributed by atoms with Gasteiger partial charge in [0.05, 0.1) is 6.42 Å². The summed E-state index contributed by atoms with van der Waals surface area (Å²) in [5.41, 5.74) is 0. The average molecular weight is 159 g/mol. The van der Waals surface area contributed by atoms with Gasteiger partial charge in [-0.3, -0.25) is 0 Å². The van der Waals surface area contributed by atoms with Crippen LogP contribution in [0.4, 0.5) is 0 Å². The Morgan fingerprint density at radius 1 is 1.45 bits per heavy atom. The maximum atomic E-state index is 10.6. The van der Waals surface area contributed by atoms with Crippen molar-refractivity contribution in [1.29, 1.82) is 0 Å². The predicted octanol–water partition coefficient (Wildman–Crippen LogP) is -1.81. The van der Waals surface area contributed by atoms with Crippen LogP contribution in [0.5, 0.6) is 0 Å². The Balaban J connectivity index is 2.13. The molecular weight excluding hydrogens is 152 g/mol. The molecule has 0 aromatic carbocycles. The minimum Gasteiger partial charge on any atom is -0.457 e. The Bertz CT molecular complexity index is 191. The van der Waals surface area contributed by atoms with Crippen molar-refractivity contribution in [2.75, 3.05) is 0 Å². The van der Waals surface area contributed by atoms with Crippen molar-refractivity contribution in [1.82, 2.24) is 0 Å². The van der Waals surface area contributed by atoms with E-state index >= 15 is 0 Å². The van der Waals surface area contributed by atoms with Gasteiger partial charge >= 0.3 is 5.97 Å². The first-order chi connectivity index (χ1) is 5.18. The fourth-order valence-corrected chi connectivity index (χ4v) is 1.25. The van der Waals surface area contributed by atoms with Crippen molar-refractivity contribution in [2.45, 2.75) is 24.6 Å². The number of hydrogen-bond donors (Lipinski definition) is 2. The average Bonchev–Trinajstić information content (AvgIpc) is 2.37. The van der Waals surface area contributed by atoms with Gasteiger partial charge in [0, 0.05) is 0 Å². The van der Waals surface area contributed by atoms with Crippen molar-refractivity contribution in [2.24, 2.45) is 0 Å². The van der Waals surface area contributed by atoms with E-state index in [0.717, 1.165) is 0 Å². The molecule has 4 atom stereocenters. The van der Waals surface area contributed by atoms with Crippen molar-refractivity contribution >= 4 is 5.97 Å². The molecule has 0 aromatic heterocycles. The number of ether oxygens (including phenoxy) is 2. The number of hydrogen-bond acceptors (Lipinski definition) is 5. The molecule has 11 heavy (non-hydrogen) atoms. The van der Waals surface area contributed by atoms with Crippen LogP contribution in [-0.2, 0) is 14.3 Å². The third-order valence-electron chi connectivity index (χ3n) is 1.78. The monoisotopic (exact) mass is 159 g/mol. The van der Waals surface area contributed by atoms with E-state index in [-0.39, 0.29) is 0 Å². The lowest BCUT2D eigenvalue weighted by atomic mass is 10.1. The van der Waals surface area contributed by atoms with Gasteiger partial charge < -0.3 is 19.7 Å². The molecule has 2 fully saturated rings. The van der Waals surface area contributed by atoms with Gasteiger partial charge in [-0.15, -0.1) is 0 Å². The fraction of sp³-hybridized carbons (Fsp3) is 0.667. The molecule has 2 saturated heterocycles. The summed E-state index contributed by atoms with van der Waals surface area (Å²) in [5.74, 6) is -0.692. The van der Waals surface area contributed by atoms with Crippen molar-refractivity contribution in [3.05, 3.63) is 6.42 Å². The summed E-state index contributed by atoms with van der Waals surface area (Å²) in [6, 6.07) is 0. The molecule has 2 aliphatic rings. The third-order valence-corrected chi connectivity index (χ3v) is 1.78. The van der Waals surface area contributed by atoms with Crippen LogP contribution in [0.3, 0.4) is 0 Å². The van der Waals surface area contributed by atoms with E-state index in [0.29, 0.717) is 0 Å². The van der Waals surface area contributed by atoms with E-state index in [1.54, 1.807) is 0 Å². The van der Waals surface area contributed by atoms with E-state index in [1.807, 2.05) is 0 Å². The minimum absolute atomic E-state index is 0.590. The Morgan fingerprint density at radius 2 is 2.18 bits per heavy atom. The predicted molar refractivity (Wildman–Crippen MR) is 31.1 cm³/mol. The molecule has 0 aromatic rings. The lowest BCUT2D eigenvalue weighted by molar-refractivity contribution is -0.151. The van der Waals surface area contributed by atoms with E-state index in [9.17, 15) is 4.79 Å². The molecule has 0 bridgehead atoms. The lowest BCUT2D eigenvalue weighted by Gasteiger charge is -2.07. The fourth-order valence-electron chi connectivity index (χ4n) is 1.25. The van der Waals surface area contributed by atoms with E-state index in [4.69, 9.17) is 14.9 Å². The number of carbonyl (C=O) groups is 1. The number of aliphatic hydroxyl groups is 2. The second-order valence-electron chi connectivity index (χ2n) is 2.53. The second kappa shape index (κ2) is 2.17. The molecule has 0 saturated carbocycles. The number of fused-ring (bicyclic) bond motifs is 1. The van der Waals surface area contributed by atoms with Crippen molar-refractivity contribution in [3.63, 3.8) is 0 Å². The largest absolute Gasteiger partial charge is 0.457 e. The first-order valence-corrected chi connectivity index (χ1v) is 3.25. The van der Waals surface area contributed by atoms with Crippen LogP contribution in [0, 0.1) is 6.42 Å². The van der Waals surface area contributed by atoms with E-state index < -0.39 is 30.6 Å². The van der Waals surface area contributed by atoms with Crippen molar-refractivity contribution in [3.8, 4) is 0 Å². The molecule has 2 rings (SSSR count). The van der Waals surface area contributed by atoms with Crippen LogP contribution >= 0.6 is 0 Å². The lowest BCUT2D eigenvalue weighted by Crippen LogP contribution is -2.29. The van der Waals surface area contributed by atoms with Gasteiger partial charge in [0.2, 0.25) is 0 Å². The number of rotatable bonds is 0. The summed E-state index contributed by atoms with van der Waals surface area (Å²) in [6.45, 7) is 0. The second-order valence-corrected chi connectivity index (χ2v) is 2.53. The normalized spacial score (nSPS) is 49.1. The SMILES string of the molecule is O=C1O[C@@H]2[CH]C(O)O[C@@H]2[C@H]1O. The van der Waals surface area contributed by atoms with Gasteiger partial charge in [0.25, 0.3) is 0 Å². The van der Waals surface area contributed by atoms with Crippen LogP contribution in [0.2, 0.25) is 0 Å². The molecule has 0 spiro atoms. The Labute approximate surface area is 62.5 Å². The first kappa shape index (κ1) is 7.02. The number of esters is 1. The molecule has 1 unspecified atom stereocenters. The highest BCUT2D eigenvalue weighted by atomic mass is 16.7. The van der Waals surface area contributed by atoms with Gasteiger partial charge in [0.1, 0.15) is 12.2 Å². The topological polar surface area (TPSA) is 76.0 Å². The molecule has 5 nitrogen and oxygen atoms in total. The Hall–Kier alpha value is -0.650. The van der Waals surface area contributed by atoms with Gasteiger partial charge in [0.15, 0.2) is 12.4 Å². The highest BCUT2D eigenvalue weighted by molar-refractivity contribution is 5.78. The van der Waals surface area contributed by atoms with E-state index in [1.165, 1.54) is 6.42 Å². The quantitative estimate of drug-likeness (QED) is 0.407. The molecule has 61 valence electrons. The molecule has 0 aliphatic carbocycles. The summed E-state index contributed by atoms with van der Waals surface area (Å²) in [7, 11) is 0. The smallest absolute Gasteiger partial charge is 0.338 e. The molecule has 2 N–H and O–H groups in total. The first-order valence-electron chi connectivity index (χ1n) is 3.25. The van der Waals surface area contributed by atoms with Gasteiger partial charge in [-0.25, -0.2) is 4.79 Å². The third kappa shape index (κ3) is 0.926. The van der Waals surface area contributed by atoms with Gasteiger partial charge in [-0.05, 0) is 0 Å². The highest BCUT2D eigenvalue weighted by Gasteiger charge is 2.50. The minimum atomic E-state index is -1.26. The summed E-state index contributed by atoms with van der Waals surface area (Å²) >= 11 is 0. The van der Waals surface area contributed by atoms with Crippen molar-refractivity contribution < 1.29 is 24.5 Å². The zero-order valence-electron chi connectivity index (χ0n) is 5.51. The molecule has 2 aliphatic heterocycles. The summed E-state index contributed by atoms with van der Waals surface area (Å²) in [6.07, 6.45) is -2.27. The molecular formula is C6H7O5. The summed E-state index contributed by atoms with van der Waals surface area (Å²) in [4.78, 5) is 10.6. The Kier molecular flexibility index (Phi) is 1.38. The van der Waals surface area contributed by atoms with Crippen LogP contribution in [-0.4, -0.2) is 40.8 Å². The maximum Gasteiger partial charge on any atom is 0.338 e. The standard InChI is InChI=1S/C6H7O5/c7-3-1-2-5(11-3)4(8)6(9)10-2/h1-5,7-8H/t2-,3?,4-,5+/m1/s1. The zero-order valence-corrected chi connectivity index (χ0v) is 5.51. The molecule has 5 heteroatoms.